The zero-order valence-corrected chi connectivity index (χ0v) is 19.0. The molecule has 3 aromatic carbocycles. The van der Waals surface area contributed by atoms with E-state index in [-0.39, 0.29) is 18.8 Å². The quantitative estimate of drug-likeness (QED) is 0.277. The van der Waals surface area contributed by atoms with Crippen molar-refractivity contribution in [3.8, 4) is 17.6 Å². The maximum atomic E-state index is 13.1. The molecule has 0 heterocycles. The van der Waals surface area contributed by atoms with Gasteiger partial charge in [0, 0.05) is 5.69 Å². The third kappa shape index (κ3) is 7.68. The molecule has 35 heavy (non-hydrogen) atoms. The molecule has 2 N–H and O–H groups in total. The van der Waals surface area contributed by atoms with Gasteiger partial charge in [0.1, 0.15) is 12.4 Å². The topological polar surface area (TPSA) is 113 Å². The van der Waals surface area contributed by atoms with Crippen molar-refractivity contribution in [2.45, 2.75) is 20.0 Å². The highest BCUT2D eigenvalue weighted by Crippen LogP contribution is 2.29. The standard InChI is InChI=1S/C26H23FN4O4/c1-2-34-24-15-20(7-12-23(24)35-17-19-3-8-21(27)9-4-19)16-29-31-26(33)25(32)30-22-10-5-18(6-11-22)13-14-28/h3-12,15-16H,2,13,17H2,1H3,(H,30,32)(H,31,33)/b29-16+. The number of nitrogens with one attached hydrogen (secondary N) is 2. The zero-order valence-electron chi connectivity index (χ0n) is 19.0. The van der Waals surface area contributed by atoms with E-state index in [2.05, 4.69) is 15.8 Å². The van der Waals surface area contributed by atoms with Gasteiger partial charge in [-0.1, -0.05) is 24.3 Å². The molecule has 0 aromatic heterocycles. The van der Waals surface area contributed by atoms with Crippen molar-refractivity contribution in [2.24, 2.45) is 5.10 Å². The molecule has 0 aliphatic carbocycles. The first kappa shape index (κ1) is 24.9. The Morgan fingerprint density at radius 3 is 2.37 bits per heavy atom. The summed E-state index contributed by atoms with van der Waals surface area (Å²) in [5, 5.41) is 15.0. The number of rotatable bonds is 9. The first-order valence-electron chi connectivity index (χ1n) is 10.7. The lowest BCUT2D eigenvalue weighted by molar-refractivity contribution is -0.136. The van der Waals surface area contributed by atoms with Crippen LogP contribution in [0.1, 0.15) is 23.6 Å². The predicted octanol–water partition coefficient (Wildman–Crippen LogP) is 3.96. The number of benzene rings is 3. The van der Waals surface area contributed by atoms with Gasteiger partial charge in [0.15, 0.2) is 11.5 Å². The molecule has 0 saturated carbocycles. The second-order valence-electron chi connectivity index (χ2n) is 7.24. The fourth-order valence-electron chi connectivity index (χ4n) is 2.94. The Balaban J connectivity index is 1.56. The molecule has 0 aliphatic rings. The molecule has 0 unspecified atom stereocenters. The Labute approximate surface area is 202 Å². The van der Waals surface area contributed by atoms with Gasteiger partial charge in [0.25, 0.3) is 0 Å². The number of nitrogens with zero attached hydrogens (tertiary/aromatic N) is 2. The number of carbonyl (C=O) groups excluding carboxylic acids is 2. The number of halogens is 1. The van der Waals surface area contributed by atoms with Crippen molar-refractivity contribution < 1.29 is 23.5 Å². The maximum Gasteiger partial charge on any atom is 0.329 e. The fourth-order valence-corrected chi connectivity index (χ4v) is 2.94. The van der Waals surface area contributed by atoms with E-state index in [4.69, 9.17) is 14.7 Å². The summed E-state index contributed by atoms with van der Waals surface area (Å²) < 4.78 is 24.5. The highest BCUT2D eigenvalue weighted by atomic mass is 19.1. The Morgan fingerprint density at radius 1 is 0.971 bits per heavy atom. The summed E-state index contributed by atoms with van der Waals surface area (Å²) in [4.78, 5) is 24.1. The van der Waals surface area contributed by atoms with E-state index in [1.54, 1.807) is 54.6 Å². The van der Waals surface area contributed by atoms with Crippen molar-refractivity contribution in [3.63, 3.8) is 0 Å². The van der Waals surface area contributed by atoms with Crippen LogP contribution in [0.4, 0.5) is 10.1 Å². The number of amides is 2. The number of hydrazone groups is 1. The lowest BCUT2D eigenvalue weighted by atomic mass is 10.1. The highest BCUT2D eigenvalue weighted by molar-refractivity contribution is 6.39. The van der Waals surface area contributed by atoms with Gasteiger partial charge in [-0.3, -0.25) is 9.59 Å². The van der Waals surface area contributed by atoms with Crippen molar-refractivity contribution in [1.82, 2.24) is 5.43 Å². The van der Waals surface area contributed by atoms with Gasteiger partial charge in [0.2, 0.25) is 0 Å². The largest absolute Gasteiger partial charge is 0.490 e. The average Bonchev–Trinajstić information content (AvgIpc) is 2.86. The Morgan fingerprint density at radius 2 is 1.69 bits per heavy atom. The molecule has 3 aromatic rings. The summed E-state index contributed by atoms with van der Waals surface area (Å²) in [5.41, 5.74) is 4.81. The second-order valence-corrected chi connectivity index (χ2v) is 7.24. The number of ether oxygens (including phenoxy) is 2. The maximum absolute atomic E-state index is 13.1. The van der Waals surface area contributed by atoms with Crippen LogP contribution in [-0.4, -0.2) is 24.6 Å². The molecule has 2 amide bonds. The van der Waals surface area contributed by atoms with Crippen LogP contribution in [-0.2, 0) is 22.6 Å². The summed E-state index contributed by atoms with van der Waals surface area (Å²) in [6.07, 6.45) is 1.63. The number of hydrogen-bond acceptors (Lipinski definition) is 6. The van der Waals surface area contributed by atoms with Crippen LogP contribution >= 0.6 is 0 Å². The number of hydrogen-bond donors (Lipinski definition) is 2. The first-order valence-corrected chi connectivity index (χ1v) is 10.7. The van der Waals surface area contributed by atoms with E-state index in [0.29, 0.717) is 29.4 Å². The fraction of sp³-hybridized carbons (Fsp3) is 0.154. The molecule has 0 saturated heterocycles. The monoisotopic (exact) mass is 474 g/mol. The van der Waals surface area contributed by atoms with E-state index in [0.717, 1.165) is 11.1 Å². The lowest BCUT2D eigenvalue weighted by Crippen LogP contribution is -2.32. The normalized spacial score (nSPS) is 10.4. The minimum atomic E-state index is -0.938. The van der Waals surface area contributed by atoms with E-state index in [9.17, 15) is 14.0 Å². The third-order valence-electron chi connectivity index (χ3n) is 4.66. The highest BCUT2D eigenvalue weighted by Gasteiger charge is 2.13. The van der Waals surface area contributed by atoms with Crippen LogP contribution in [0.25, 0.3) is 0 Å². The Bertz CT molecular complexity index is 1240. The molecular weight excluding hydrogens is 451 g/mol. The Kier molecular flexibility index (Phi) is 8.91. The van der Waals surface area contributed by atoms with Gasteiger partial charge in [-0.2, -0.15) is 10.4 Å². The summed E-state index contributed by atoms with van der Waals surface area (Å²) in [7, 11) is 0. The molecular formula is C26H23FN4O4. The van der Waals surface area contributed by atoms with E-state index in [1.165, 1.54) is 18.3 Å². The van der Waals surface area contributed by atoms with Crippen molar-refractivity contribution in [1.29, 1.82) is 5.26 Å². The number of nitriles is 1. The molecule has 0 atom stereocenters. The lowest BCUT2D eigenvalue weighted by Gasteiger charge is -2.12. The average molecular weight is 474 g/mol. The second kappa shape index (κ2) is 12.5. The smallest absolute Gasteiger partial charge is 0.329 e. The Hall–Kier alpha value is -4.71. The number of carbonyl (C=O) groups is 2. The van der Waals surface area contributed by atoms with Crippen LogP contribution in [0.15, 0.2) is 71.8 Å². The molecule has 0 aliphatic heterocycles. The molecule has 3 rings (SSSR count). The van der Waals surface area contributed by atoms with Gasteiger partial charge in [0.05, 0.1) is 25.3 Å². The van der Waals surface area contributed by atoms with Gasteiger partial charge < -0.3 is 14.8 Å². The van der Waals surface area contributed by atoms with Gasteiger partial charge in [-0.25, -0.2) is 9.82 Å². The first-order chi connectivity index (χ1) is 17.0. The minimum Gasteiger partial charge on any atom is -0.490 e. The molecule has 0 fully saturated rings. The van der Waals surface area contributed by atoms with Gasteiger partial charge >= 0.3 is 11.8 Å². The van der Waals surface area contributed by atoms with Crippen LogP contribution in [0, 0.1) is 17.1 Å². The van der Waals surface area contributed by atoms with Crippen molar-refractivity contribution >= 4 is 23.7 Å². The minimum absolute atomic E-state index is 0.236. The van der Waals surface area contributed by atoms with Crippen molar-refractivity contribution in [3.05, 3.63) is 89.2 Å². The van der Waals surface area contributed by atoms with Gasteiger partial charge in [-0.15, -0.1) is 0 Å². The summed E-state index contributed by atoms with van der Waals surface area (Å²) in [5.74, 6) is -1.16. The molecule has 178 valence electrons. The van der Waals surface area contributed by atoms with E-state index in [1.807, 2.05) is 13.0 Å². The SMILES string of the molecule is CCOc1cc(/C=N/NC(=O)C(=O)Nc2ccc(CC#N)cc2)ccc1OCc1ccc(F)cc1. The van der Waals surface area contributed by atoms with Crippen LogP contribution < -0.4 is 20.2 Å². The third-order valence-corrected chi connectivity index (χ3v) is 4.66. The molecule has 8 nitrogen and oxygen atoms in total. The van der Waals surface area contributed by atoms with E-state index < -0.39 is 11.8 Å². The van der Waals surface area contributed by atoms with E-state index >= 15 is 0 Å². The summed E-state index contributed by atoms with van der Waals surface area (Å²) >= 11 is 0. The van der Waals surface area contributed by atoms with Crippen LogP contribution in [0.3, 0.4) is 0 Å². The molecule has 0 spiro atoms. The van der Waals surface area contributed by atoms with Crippen molar-refractivity contribution in [2.75, 3.05) is 11.9 Å². The number of anilines is 1. The van der Waals surface area contributed by atoms with Gasteiger partial charge in [-0.05, 0) is 66.1 Å². The zero-order chi connectivity index (χ0) is 25.0. The predicted molar refractivity (Wildman–Crippen MR) is 128 cm³/mol. The molecule has 9 heteroatoms. The summed E-state index contributed by atoms with van der Waals surface area (Å²) in [6, 6.07) is 19.7. The van der Waals surface area contributed by atoms with Crippen LogP contribution in [0.2, 0.25) is 0 Å². The van der Waals surface area contributed by atoms with Crippen LogP contribution in [0.5, 0.6) is 11.5 Å². The molecule has 0 bridgehead atoms. The summed E-state index contributed by atoms with van der Waals surface area (Å²) in [6.45, 7) is 2.47. The molecule has 0 radical (unpaired) electrons.